The SMILES string of the molecule is CCOC(=O)C1=C(C)N=c2s/c(=C/c3ccc(-c4cccc(C(=O)OCC)c4)o3)c(=O)n2[C@@H]1c1cc(OC)c(OCC)cc1Br. The lowest BCUT2D eigenvalue weighted by Gasteiger charge is -2.26. The molecule has 12 heteroatoms. The first-order chi connectivity index (χ1) is 21.7. The Kier molecular flexibility index (Phi) is 9.74. The highest BCUT2D eigenvalue weighted by atomic mass is 79.9. The quantitative estimate of drug-likeness (QED) is 0.203. The Bertz CT molecular complexity index is 1990. The van der Waals surface area contributed by atoms with Crippen molar-refractivity contribution in [2.24, 2.45) is 4.99 Å². The van der Waals surface area contributed by atoms with Crippen molar-refractivity contribution in [3.63, 3.8) is 0 Å². The van der Waals surface area contributed by atoms with Gasteiger partial charge in [-0.2, -0.15) is 0 Å². The van der Waals surface area contributed by atoms with Gasteiger partial charge in [-0.15, -0.1) is 0 Å². The molecule has 0 radical (unpaired) electrons. The summed E-state index contributed by atoms with van der Waals surface area (Å²) in [7, 11) is 1.53. The minimum absolute atomic E-state index is 0.157. The molecule has 234 valence electrons. The first kappa shape index (κ1) is 32.0. The molecule has 0 aliphatic carbocycles. The third-order valence-corrected chi connectivity index (χ3v) is 8.62. The van der Waals surface area contributed by atoms with Gasteiger partial charge in [-0.25, -0.2) is 14.6 Å². The van der Waals surface area contributed by atoms with Crippen LogP contribution in [0.2, 0.25) is 0 Å². The number of furan rings is 1. The molecule has 1 atom stereocenters. The fourth-order valence-corrected chi connectivity index (χ4v) is 6.57. The van der Waals surface area contributed by atoms with Crippen LogP contribution in [0.4, 0.5) is 0 Å². The lowest BCUT2D eigenvalue weighted by atomic mass is 9.95. The summed E-state index contributed by atoms with van der Waals surface area (Å²) in [5.41, 5.74) is 2.01. The molecule has 0 bridgehead atoms. The van der Waals surface area contributed by atoms with Gasteiger partial charge in [-0.1, -0.05) is 39.4 Å². The Labute approximate surface area is 271 Å². The number of esters is 2. The van der Waals surface area contributed by atoms with Gasteiger partial charge in [-0.05, 0) is 69.7 Å². The molecular formula is C33H31BrN2O8S. The van der Waals surface area contributed by atoms with E-state index in [0.29, 0.717) is 65.8 Å². The maximum absolute atomic E-state index is 14.1. The van der Waals surface area contributed by atoms with Crippen molar-refractivity contribution < 1.29 is 33.0 Å². The van der Waals surface area contributed by atoms with E-state index < -0.39 is 18.0 Å². The van der Waals surface area contributed by atoms with Crippen LogP contribution >= 0.6 is 27.3 Å². The van der Waals surface area contributed by atoms with Gasteiger partial charge in [0, 0.05) is 16.1 Å². The first-order valence-electron chi connectivity index (χ1n) is 14.3. The molecule has 0 unspecified atom stereocenters. The third kappa shape index (κ3) is 6.38. The number of carbonyl (C=O) groups excluding carboxylic acids is 2. The number of carbonyl (C=O) groups is 2. The van der Waals surface area contributed by atoms with E-state index in [-0.39, 0.29) is 24.3 Å². The van der Waals surface area contributed by atoms with Crippen LogP contribution in [0.25, 0.3) is 17.4 Å². The van der Waals surface area contributed by atoms with E-state index in [1.165, 1.54) is 23.0 Å². The van der Waals surface area contributed by atoms with Gasteiger partial charge in [0.25, 0.3) is 5.56 Å². The zero-order chi connectivity index (χ0) is 32.2. The maximum Gasteiger partial charge on any atom is 0.338 e. The second-order valence-electron chi connectivity index (χ2n) is 9.76. The van der Waals surface area contributed by atoms with Gasteiger partial charge in [-0.3, -0.25) is 9.36 Å². The van der Waals surface area contributed by atoms with Crippen molar-refractivity contribution in [1.82, 2.24) is 4.57 Å². The van der Waals surface area contributed by atoms with E-state index in [1.54, 1.807) is 69.3 Å². The number of fused-ring (bicyclic) bond motifs is 1. The molecule has 2 aromatic heterocycles. The Morgan fingerprint density at radius 2 is 1.78 bits per heavy atom. The summed E-state index contributed by atoms with van der Waals surface area (Å²) in [6.45, 7) is 7.92. The molecule has 45 heavy (non-hydrogen) atoms. The minimum atomic E-state index is -0.862. The zero-order valence-corrected chi connectivity index (χ0v) is 27.7. The number of methoxy groups -OCH3 is 1. The number of nitrogens with zero attached hydrogens (tertiary/aromatic N) is 2. The average molecular weight is 696 g/mol. The Morgan fingerprint density at radius 3 is 2.49 bits per heavy atom. The summed E-state index contributed by atoms with van der Waals surface area (Å²) >= 11 is 4.81. The number of hydrogen-bond acceptors (Lipinski definition) is 10. The van der Waals surface area contributed by atoms with Crippen LogP contribution in [-0.4, -0.2) is 43.4 Å². The summed E-state index contributed by atoms with van der Waals surface area (Å²) in [4.78, 5) is 44.6. The standard InChI is InChI=1S/C33H31BrN2O8S/c1-6-41-26-17-23(34)22(16-25(26)40-5)29-28(32(39)43-8-3)18(4)35-33-36(29)30(37)27(45-33)15-21-12-13-24(44-21)19-10-9-11-20(14-19)31(38)42-7-2/h9-17,29H,6-8H2,1-5H3/b27-15+/t29-/m1/s1. The van der Waals surface area contributed by atoms with Crippen LogP contribution in [-0.2, 0) is 14.3 Å². The lowest BCUT2D eigenvalue weighted by Crippen LogP contribution is -2.40. The molecule has 1 aliphatic rings. The molecule has 10 nitrogen and oxygen atoms in total. The second-order valence-corrected chi connectivity index (χ2v) is 11.6. The molecular weight excluding hydrogens is 664 g/mol. The number of ether oxygens (including phenoxy) is 4. The number of aromatic nitrogens is 1. The largest absolute Gasteiger partial charge is 0.493 e. The molecule has 0 saturated heterocycles. The van der Waals surface area contributed by atoms with E-state index in [1.807, 2.05) is 13.0 Å². The monoisotopic (exact) mass is 694 g/mol. The fourth-order valence-electron chi connectivity index (χ4n) is 5.00. The summed E-state index contributed by atoms with van der Waals surface area (Å²) in [6.07, 6.45) is 1.64. The molecule has 0 fully saturated rings. The number of benzene rings is 2. The van der Waals surface area contributed by atoms with Crippen LogP contribution in [0.15, 0.2) is 78.5 Å². The molecule has 5 rings (SSSR count). The summed E-state index contributed by atoms with van der Waals surface area (Å²) in [5, 5.41) is 0. The van der Waals surface area contributed by atoms with Crippen molar-refractivity contribution in [2.45, 2.75) is 33.7 Å². The highest BCUT2D eigenvalue weighted by Crippen LogP contribution is 2.41. The molecule has 0 saturated carbocycles. The van der Waals surface area contributed by atoms with Gasteiger partial charge < -0.3 is 23.4 Å². The van der Waals surface area contributed by atoms with Gasteiger partial charge in [0.15, 0.2) is 16.3 Å². The molecule has 3 heterocycles. The molecule has 2 aromatic carbocycles. The van der Waals surface area contributed by atoms with Crippen LogP contribution in [0.5, 0.6) is 11.5 Å². The number of halogens is 1. The normalized spacial score (nSPS) is 14.5. The smallest absolute Gasteiger partial charge is 0.338 e. The predicted molar refractivity (Wildman–Crippen MR) is 172 cm³/mol. The molecule has 0 spiro atoms. The van der Waals surface area contributed by atoms with E-state index in [0.717, 1.165) is 0 Å². The Hall–Kier alpha value is -4.42. The van der Waals surface area contributed by atoms with Gasteiger partial charge in [0.1, 0.15) is 11.5 Å². The summed E-state index contributed by atoms with van der Waals surface area (Å²) in [5.74, 6) is 0.921. The number of thiazole rings is 1. The van der Waals surface area contributed by atoms with E-state index in [2.05, 4.69) is 20.9 Å². The van der Waals surface area contributed by atoms with Crippen molar-refractivity contribution in [2.75, 3.05) is 26.9 Å². The average Bonchev–Trinajstić information content (AvgIpc) is 3.61. The molecule has 0 amide bonds. The molecule has 1 aliphatic heterocycles. The highest BCUT2D eigenvalue weighted by molar-refractivity contribution is 9.10. The van der Waals surface area contributed by atoms with Crippen molar-refractivity contribution >= 4 is 45.3 Å². The lowest BCUT2D eigenvalue weighted by molar-refractivity contribution is -0.139. The van der Waals surface area contributed by atoms with E-state index in [4.69, 9.17) is 23.4 Å². The van der Waals surface area contributed by atoms with E-state index >= 15 is 0 Å². The van der Waals surface area contributed by atoms with Crippen LogP contribution in [0, 0.1) is 0 Å². The van der Waals surface area contributed by atoms with Crippen molar-refractivity contribution in [3.8, 4) is 22.8 Å². The van der Waals surface area contributed by atoms with E-state index in [9.17, 15) is 14.4 Å². The van der Waals surface area contributed by atoms with Crippen LogP contribution in [0.3, 0.4) is 0 Å². The Morgan fingerprint density at radius 1 is 1.02 bits per heavy atom. The van der Waals surface area contributed by atoms with Gasteiger partial charge in [0.2, 0.25) is 0 Å². The number of rotatable bonds is 10. The molecule has 0 N–H and O–H groups in total. The Balaban J connectivity index is 1.62. The third-order valence-electron chi connectivity index (χ3n) is 6.95. The number of hydrogen-bond donors (Lipinski definition) is 0. The molecule has 4 aromatic rings. The summed E-state index contributed by atoms with van der Waals surface area (Å²) in [6, 6.07) is 13.1. The van der Waals surface area contributed by atoms with Crippen molar-refractivity contribution in [1.29, 1.82) is 0 Å². The summed E-state index contributed by atoms with van der Waals surface area (Å²) < 4.78 is 30.4. The van der Waals surface area contributed by atoms with Gasteiger partial charge >= 0.3 is 11.9 Å². The fraction of sp³-hybridized carbons (Fsp3) is 0.273. The maximum atomic E-state index is 14.1. The minimum Gasteiger partial charge on any atom is -0.493 e. The van der Waals surface area contributed by atoms with Crippen LogP contribution < -0.4 is 24.4 Å². The first-order valence-corrected chi connectivity index (χ1v) is 15.9. The second kappa shape index (κ2) is 13.7. The topological polar surface area (TPSA) is 119 Å². The predicted octanol–water partition coefficient (Wildman–Crippen LogP) is 5.40. The zero-order valence-electron chi connectivity index (χ0n) is 25.3. The van der Waals surface area contributed by atoms with Gasteiger partial charge in [0.05, 0.1) is 54.3 Å². The van der Waals surface area contributed by atoms with Crippen LogP contribution in [0.1, 0.15) is 55.4 Å². The van der Waals surface area contributed by atoms with Crippen molar-refractivity contribution in [3.05, 3.63) is 101 Å². The highest BCUT2D eigenvalue weighted by Gasteiger charge is 2.35. The number of allylic oxidation sites excluding steroid dienone is 1.